The van der Waals surface area contributed by atoms with Gasteiger partial charge in [0.1, 0.15) is 6.17 Å². The van der Waals surface area contributed by atoms with Crippen LogP contribution in [0, 0.1) is 0 Å². The molecule has 0 saturated carbocycles. The van der Waals surface area contributed by atoms with Crippen molar-refractivity contribution in [1.82, 2.24) is 10.2 Å². The van der Waals surface area contributed by atoms with E-state index < -0.39 is 0 Å². The van der Waals surface area contributed by atoms with Crippen molar-refractivity contribution in [3.63, 3.8) is 0 Å². The Hall–Kier alpha value is -1.84. The van der Waals surface area contributed by atoms with Gasteiger partial charge in [0.2, 0.25) is 5.91 Å². The molecule has 1 saturated heterocycles. The molecule has 4 heteroatoms. The fourth-order valence-electron chi connectivity index (χ4n) is 3.32. The summed E-state index contributed by atoms with van der Waals surface area (Å²) < 4.78 is 0. The Kier molecular flexibility index (Phi) is 2.98. The molecule has 0 aromatic heterocycles. The van der Waals surface area contributed by atoms with Crippen LogP contribution < -0.4 is 5.32 Å². The Morgan fingerprint density at radius 1 is 1.05 bits per heavy atom. The van der Waals surface area contributed by atoms with Crippen molar-refractivity contribution in [3.05, 3.63) is 70.2 Å². The normalized spacial score (nSPS) is 24.3. The molecular formula is C17H15ClN2O. The highest BCUT2D eigenvalue weighted by Crippen LogP contribution is 2.36. The minimum Gasteiger partial charge on any atom is -0.335 e. The van der Waals surface area contributed by atoms with E-state index in [9.17, 15) is 4.79 Å². The van der Waals surface area contributed by atoms with Gasteiger partial charge in [-0.15, -0.1) is 0 Å². The number of hydrogen-bond acceptors (Lipinski definition) is 2. The molecule has 1 amide bonds. The minimum absolute atomic E-state index is 0.0921. The number of hydrogen-bond donors (Lipinski definition) is 1. The summed E-state index contributed by atoms with van der Waals surface area (Å²) in [6, 6.07) is 16.0. The van der Waals surface area contributed by atoms with Gasteiger partial charge < -0.3 is 5.32 Å². The fraction of sp³-hybridized carbons (Fsp3) is 0.235. The number of benzene rings is 2. The molecular weight excluding hydrogens is 284 g/mol. The number of amides is 1. The van der Waals surface area contributed by atoms with Crippen molar-refractivity contribution < 1.29 is 4.79 Å². The molecule has 106 valence electrons. The van der Waals surface area contributed by atoms with Crippen LogP contribution in [0.2, 0.25) is 5.02 Å². The Balaban J connectivity index is 1.74. The van der Waals surface area contributed by atoms with Crippen LogP contribution >= 0.6 is 11.6 Å². The number of nitrogens with one attached hydrogen (secondary N) is 1. The van der Waals surface area contributed by atoms with Crippen molar-refractivity contribution in [2.24, 2.45) is 0 Å². The van der Waals surface area contributed by atoms with Gasteiger partial charge in [-0.2, -0.15) is 0 Å². The SMILES string of the molecule is O=C1N[C@H](c2ccccc2Cl)N2Cc3ccccc3C[C@H]12. The highest BCUT2D eigenvalue weighted by atomic mass is 35.5. The van der Waals surface area contributed by atoms with Crippen molar-refractivity contribution in [2.75, 3.05) is 0 Å². The fourth-order valence-corrected chi connectivity index (χ4v) is 3.56. The van der Waals surface area contributed by atoms with E-state index in [1.807, 2.05) is 30.3 Å². The first kappa shape index (κ1) is 12.9. The molecule has 0 spiro atoms. The third-order valence-electron chi connectivity index (χ3n) is 4.40. The lowest BCUT2D eigenvalue weighted by atomic mass is 9.94. The summed E-state index contributed by atoms with van der Waals surface area (Å²) in [6.07, 6.45) is 0.632. The van der Waals surface area contributed by atoms with Gasteiger partial charge in [-0.1, -0.05) is 54.1 Å². The zero-order valence-corrected chi connectivity index (χ0v) is 12.2. The van der Waals surface area contributed by atoms with E-state index in [2.05, 4.69) is 28.4 Å². The first-order chi connectivity index (χ1) is 10.2. The lowest BCUT2D eigenvalue weighted by Crippen LogP contribution is -2.39. The average Bonchev–Trinajstić information content (AvgIpc) is 2.82. The third-order valence-corrected chi connectivity index (χ3v) is 4.74. The van der Waals surface area contributed by atoms with Crippen LogP contribution in [0.15, 0.2) is 48.5 Å². The van der Waals surface area contributed by atoms with E-state index in [0.717, 1.165) is 18.5 Å². The van der Waals surface area contributed by atoms with Crippen LogP contribution in [0.1, 0.15) is 22.9 Å². The van der Waals surface area contributed by atoms with Crippen molar-refractivity contribution >= 4 is 17.5 Å². The van der Waals surface area contributed by atoms with Gasteiger partial charge in [0.05, 0.1) is 6.04 Å². The van der Waals surface area contributed by atoms with Crippen LogP contribution in [-0.4, -0.2) is 16.8 Å². The number of carbonyl (C=O) groups excluding carboxylic acids is 1. The Morgan fingerprint density at radius 2 is 1.76 bits per heavy atom. The standard InChI is InChI=1S/C17H15ClN2O/c18-14-8-4-3-7-13(14)16-19-17(21)15-9-11-5-1-2-6-12(11)10-20(15)16/h1-8,15-16H,9-10H2,(H,19,21)/t15-,16+/m1/s1. The summed E-state index contributed by atoms with van der Waals surface area (Å²) in [6.45, 7) is 0.773. The number of carbonyl (C=O) groups is 1. The van der Waals surface area contributed by atoms with E-state index in [1.54, 1.807) is 0 Å². The van der Waals surface area contributed by atoms with Crippen molar-refractivity contribution in [3.8, 4) is 0 Å². The third kappa shape index (κ3) is 2.04. The lowest BCUT2D eigenvalue weighted by molar-refractivity contribution is -0.121. The Morgan fingerprint density at radius 3 is 2.57 bits per heavy atom. The number of fused-ring (bicyclic) bond motifs is 2. The first-order valence-corrected chi connectivity index (χ1v) is 7.49. The number of nitrogens with zero attached hydrogens (tertiary/aromatic N) is 1. The van der Waals surface area contributed by atoms with Crippen molar-refractivity contribution in [2.45, 2.75) is 25.2 Å². The maximum absolute atomic E-state index is 12.3. The van der Waals surface area contributed by atoms with Gasteiger partial charge in [0, 0.05) is 17.1 Å². The van der Waals surface area contributed by atoms with Crippen LogP contribution in [0.5, 0.6) is 0 Å². The molecule has 2 aromatic rings. The second-order valence-corrected chi connectivity index (χ2v) is 6.00. The van der Waals surface area contributed by atoms with Gasteiger partial charge in [-0.25, -0.2) is 0 Å². The predicted molar refractivity (Wildman–Crippen MR) is 81.8 cm³/mol. The molecule has 4 rings (SSSR count). The van der Waals surface area contributed by atoms with Gasteiger partial charge in [0.25, 0.3) is 0 Å². The molecule has 2 aromatic carbocycles. The van der Waals surface area contributed by atoms with Crippen LogP contribution in [0.4, 0.5) is 0 Å². The zero-order valence-electron chi connectivity index (χ0n) is 11.4. The smallest absolute Gasteiger partial charge is 0.239 e. The molecule has 2 aliphatic rings. The zero-order chi connectivity index (χ0) is 14.4. The molecule has 2 heterocycles. The van der Waals surface area contributed by atoms with E-state index in [1.165, 1.54) is 11.1 Å². The summed E-state index contributed by atoms with van der Waals surface area (Å²) in [4.78, 5) is 14.5. The summed E-state index contributed by atoms with van der Waals surface area (Å²) in [5.41, 5.74) is 3.53. The van der Waals surface area contributed by atoms with Crippen LogP contribution in [-0.2, 0) is 17.8 Å². The van der Waals surface area contributed by atoms with E-state index in [4.69, 9.17) is 11.6 Å². The summed E-state index contributed by atoms with van der Waals surface area (Å²) in [5.74, 6) is 0.0921. The van der Waals surface area contributed by atoms with Gasteiger partial charge >= 0.3 is 0 Å². The molecule has 2 atom stereocenters. The predicted octanol–water partition coefficient (Wildman–Crippen LogP) is 2.90. The molecule has 2 aliphatic heterocycles. The first-order valence-electron chi connectivity index (χ1n) is 7.11. The molecule has 21 heavy (non-hydrogen) atoms. The molecule has 0 bridgehead atoms. The highest BCUT2D eigenvalue weighted by Gasteiger charge is 2.43. The quantitative estimate of drug-likeness (QED) is 0.878. The molecule has 0 unspecified atom stereocenters. The Labute approximate surface area is 128 Å². The Bertz CT molecular complexity index is 715. The molecule has 1 fully saturated rings. The van der Waals surface area contributed by atoms with Gasteiger partial charge in [0.15, 0.2) is 0 Å². The van der Waals surface area contributed by atoms with Gasteiger partial charge in [-0.05, 0) is 23.6 Å². The van der Waals surface area contributed by atoms with E-state index in [-0.39, 0.29) is 18.1 Å². The summed E-state index contributed by atoms with van der Waals surface area (Å²) in [7, 11) is 0. The molecule has 0 radical (unpaired) electrons. The number of rotatable bonds is 1. The molecule has 1 N–H and O–H groups in total. The largest absolute Gasteiger partial charge is 0.335 e. The van der Waals surface area contributed by atoms with Gasteiger partial charge in [-0.3, -0.25) is 9.69 Å². The second-order valence-electron chi connectivity index (χ2n) is 5.59. The maximum Gasteiger partial charge on any atom is 0.239 e. The number of halogens is 1. The lowest BCUT2D eigenvalue weighted by Gasteiger charge is -2.33. The van der Waals surface area contributed by atoms with Crippen LogP contribution in [0.3, 0.4) is 0 Å². The monoisotopic (exact) mass is 298 g/mol. The topological polar surface area (TPSA) is 32.3 Å². The maximum atomic E-state index is 12.3. The van der Waals surface area contributed by atoms with E-state index in [0.29, 0.717) is 5.02 Å². The average molecular weight is 299 g/mol. The van der Waals surface area contributed by atoms with Crippen LogP contribution in [0.25, 0.3) is 0 Å². The minimum atomic E-state index is -0.135. The second kappa shape index (κ2) is 4.86. The van der Waals surface area contributed by atoms with E-state index >= 15 is 0 Å². The highest BCUT2D eigenvalue weighted by molar-refractivity contribution is 6.31. The molecule has 3 nitrogen and oxygen atoms in total. The summed E-state index contributed by atoms with van der Waals surface area (Å²) in [5, 5.41) is 3.79. The molecule has 0 aliphatic carbocycles. The van der Waals surface area contributed by atoms with Crippen molar-refractivity contribution in [1.29, 1.82) is 0 Å². The summed E-state index contributed by atoms with van der Waals surface area (Å²) >= 11 is 6.31.